The Morgan fingerprint density at radius 3 is 2.36 bits per heavy atom. The Kier molecular flexibility index (Phi) is 5.89. The number of aliphatic hydroxyl groups excluding tert-OH is 4. The highest BCUT2D eigenvalue weighted by atomic mass is 16.5. The standard InChI is InChI=1S/C17H24O8/c1-7(2)14(21)13-10(20)4-9(19)5-11(13)25-12-3-8(6-18)15(22)17(24)16(12)23/h4-5,7-8,12,15-20,22-24H,3,6H2,1-2H3/t8?,12-,15+,16-,17+/m1/s1. The van der Waals surface area contributed by atoms with E-state index < -0.39 is 54.4 Å². The van der Waals surface area contributed by atoms with Gasteiger partial charge in [-0.2, -0.15) is 0 Å². The quantitative estimate of drug-likeness (QED) is 0.397. The van der Waals surface area contributed by atoms with Crippen molar-refractivity contribution in [3.05, 3.63) is 17.7 Å². The molecule has 8 nitrogen and oxygen atoms in total. The highest BCUT2D eigenvalue weighted by Gasteiger charge is 2.44. The molecular weight excluding hydrogens is 332 g/mol. The van der Waals surface area contributed by atoms with Crippen LogP contribution in [0.5, 0.6) is 17.2 Å². The predicted molar refractivity (Wildman–Crippen MR) is 86.6 cm³/mol. The minimum Gasteiger partial charge on any atom is -0.508 e. The number of aliphatic hydroxyl groups is 4. The van der Waals surface area contributed by atoms with E-state index in [1.54, 1.807) is 13.8 Å². The molecule has 0 amide bonds. The maximum atomic E-state index is 12.3. The smallest absolute Gasteiger partial charge is 0.172 e. The van der Waals surface area contributed by atoms with Crippen molar-refractivity contribution in [3.63, 3.8) is 0 Å². The normalized spacial score (nSPS) is 29.6. The molecule has 1 aromatic carbocycles. The molecule has 0 heterocycles. The van der Waals surface area contributed by atoms with E-state index >= 15 is 0 Å². The van der Waals surface area contributed by atoms with Gasteiger partial charge in [0.05, 0.1) is 6.10 Å². The van der Waals surface area contributed by atoms with Crippen LogP contribution in [0, 0.1) is 11.8 Å². The van der Waals surface area contributed by atoms with E-state index in [4.69, 9.17) is 4.74 Å². The predicted octanol–water partition coefficient (Wildman–Crippen LogP) is -0.221. The largest absolute Gasteiger partial charge is 0.508 e. The molecule has 0 radical (unpaired) electrons. The molecule has 140 valence electrons. The number of hydrogen-bond acceptors (Lipinski definition) is 8. The van der Waals surface area contributed by atoms with Crippen LogP contribution in [0.1, 0.15) is 30.6 Å². The van der Waals surface area contributed by atoms with Crippen LogP contribution >= 0.6 is 0 Å². The van der Waals surface area contributed by atoms with Crippen molar-refractivity contribution in [2.45, 2.75) is 44.7 Å². The Morgan fingerprint density at radius 1 is 1.16 bits per heavy atom. The minimum atomic E-state index is -1.54. The molecule has 0 saturated heterocycles. The van der Waals surface area contributed by atoms with Crippen LogP contribution in [-0.4, -0.2) is 67.4 Å². The zero-order valence-corrected chi connectivity index (χ0v) is 14.0. The number of rotatable bonds is 5. The lowest BCUT2D eigenvalue weighted by atomic mass is 9.81. The summed E-state index contributed by atoms with van der Waals surface area (Å²) in [4.78, 5) is 12.3. The Labute approximate surface area is 144 Å². The third-order valence-corrected chi connectivity index (χ3v) is 4.45. The first kappa shape index (κ1) is 19.5. The van der Waals surface area contributed by atoms with E-state index in [1.165, 1.54) is 0 Å². The molecular formula is C17H24O8. The van der Waals surface area contributed by atoms with Gasteiger partial charge in [-0.15, -0.1) is 0 Å². The van der Waals surface area contributed by atoms with Gasteiger partial charge in [-0.25, -0.2) is 0 Å². The third kappa shape index (κ3) is 3.87. The minimum absolute atomic E-state index is 0.0155. The van der Waals surface area contributed by atoms with Gasteiger partial charge in [-0.3, -0.25) is 4.79 Å². The van der Waals surface area contributed by atoms with Crippen LogP contribution in [0.15, 0.2) is 12.1 Å². The summed E-state index contributed by atoms with van der Waals surface area (Å²) in [6.45, 7) is 2.85. The summed E-state index contributed by atoms with van der Waals surface area (Å²) in [5.74, 6) is -2.53. The fraction of sp³-hybridized carbons (Fsp3) is 0.588. The van der Waals surface area contributed by atoms with Gasteiger partial charge in [0.25, 0.3) is 0 Å². The van der Waals surface area contributed by atoms with Crippen LogP contribution < -0.4 is 4.74 Å². The number of ketones is 1. The lowest BCUT2D eigenvalue weighted by molar-refractivity contribution is -0.157. The van der Waals surface area contributed by atoms with Gasteiger partial charge >= 0.3 is 0 Å². The van der Waals surface area contributed by atoms with Gasteiger partial charge in [0, 0.05) is 30.6 Å². The number of carbonyl (C=O) groups is 1. The van der Waals surface area contributed by atoms with Crippen molar-refractivity contribution >= 4 is 5.78 Å². The van der Waals surface area contributed by atoms with Crippen LogP contribution in [0.2, 0.25) is 0 Å². The van der Waals surface area contributed by atoms with Crippen molar-refractivity contribution in [1.29, 1.82) is 0 Å². The van der Waals surface area contributed by atoms with E-state index in [-0.39, 0.29) is 23.5 Å². The first-order valence-electron chi connectivity index (χ1n) is 8.09. The number of benzene rings is 1. The molecule has 1 unspecified atom stereocenters. The fourth-order valence-electron chi connectivity index (χ4n) is 2.96. The van der Waals surface area contributed by atoms with Crippen molar-refractivity contribution in [1.82, 2.24) is 0 Å². The van der Waals surface area contributed by atoms with Gasteiger partial charge in [-0.1, -0.05) is 13.8 Å². The monoisotopic (exact) mass is 356 g/mol. The summed E-state index contributed by atoms with van der Waals surface area (Å²) in [6.07, 6.45) is -5.35. The fourth-order valence-corrected chi connectivity index (χ4v) is 2.96. The zero-order valence-electron chi connectivity index (χ0n) is 14.0. The zero-order chi connectivity index (χ0) is 18.9. The van der Waals surface area contributed by atoms with E-state index in [0.29, 0.717) is 0 Å². The maximum Gasteiger partial charge on any atom is 0.172 e. The average molecular weight is 356 g/mol. The van der Waals surface area contributed by atoms with E-state index in [9.17, 15) is 35.4 Å². The highest BCUT2D eigenvalue weighted by Crippen LogP contribution is 2.37. The summed E-state index contributed by atoms with van der Waals surface area (Å²) < 4.78 is 5.61. The number of aromatic hydroxyl groups is 2. The van der Waals surface area contributed by atoms with Crippen LogP contribution in [0.4, 0.5) is 0 Å². The number of Topliss-reactive ketones (excluding diaryl/α,β-unsaturated/α-hetero) is 1. The molecule has 25 heavy (non-hydrogen) atoms. The highest BCUT2D eigenvalue weighted by molar-refractivity contribution is 6.02. The lowest BCUT2D eigenvalue weighted by Gasteiger charge is -2.39. The second kappa shape index (κ2) is 7.57. The van der Waals surface area contributed by atoms with E-state index in [2.05, 4.69) is 0 Å². The summed E-state index contributed by atoms with van der Waals surface area (Å²) in [5, 5.41) is 58.9. The van der Waals surface area contributed by atoms with E-state index in [0.717, 1.165) is 12.1 Å². The number of hydrogen-bond donors (Lipinski definition) is 6. The Balaban J connectivity index is 2.37. The second-order valence-corrected chi connectivity index (χ2v) is 6.66. The second-order valence-electron chi connectivity index (χ2n) is 6.66. The Morgan fingerprint density at radius 2 is 1.80 bits per heavy atom. The molecule has 1 fully saturated rings. The first-order chi connectivity index (χ1) is 11.7. The van der Waals surface area contributed by atoms with Crippen molar-refractivity contribution < 1.29 is 40.2 Å². The van der Waals surface area contributed by atoms with Crippen LogP contribution in [-0.2, 0) is 0 Å². The molecule has 2 rings (SSSR count). The summed E-state index contributed by atoms with van der Waals surface area (Å²) in [5.41, 5.74) is -0.138. The number of phenols is 2. The first-order valence-corrected chi connectivity index (χ1v) is 8.09. The molecule has 0 spiro atoms. The van der Waals surface area contributed by atoms with Gasteiger partial charge in [-0.05, 0) is 6.42 Å². The summed E-state index contributed by atoms with van der Waals surface area (Å²) in [7, 11) is 0. The molecule has 0 bridgehead atoms. The number of ether oxygens (including phenoxy) is 1. The molecule has 0 aliphatic heterocycles. The third-order valence-electron chi connectivity index (χ3n) is 4.45. The number of phenolic OH excluding ortho intramolecular Hbond substituents is 2. The summed E-state index contributed by atoms with van der Waals surface area (Å²) >= 11 is 0. The molecule has 5 atom stereocenters. The van der Waals surface area contributed by atoms with Gasteiger partial charge in [0.1, 0.15) is 41.1 Å². The molecule has 1 aromatic rings. The molecule has 1 saturated carbocycles. The molecule has 0 aromatic heterocycles. The number of carbonyl (C=O) groups excluding carboxylic acids is 1. The summed E-state index contributed by atoms with van der Waals surface area (Å²) in [6, 6.07) is 2.14. The van der Waals surface area contributed by atoms with Gasteiger partial charge < -0.3 is 35.4 Å². The molecule has 6 N–H and O–H groups in total. The van der Waals surface area contributed by atoms with Crippen molar-refractivity contribution in [2.75, 3.05) is 6.61 Å². The average Bonchev–Trinajstić information content (AvgIpc) is 2.54. The van der Waals surface area contributed by atoms with Crippen LogP contribution in [0.3, 0.4) is 0 Å². The SMILES string of the molecule is CC(C)C(=O)c1c(O)cc(O)cc1O[C@@H]1CC(CO)[C@H](O)[C@H](O)[C@@H]1O. The van der Waals surface area contributed by atoms with Crippen LogP contribution in [0.25, 0.3) is 0 Å². The van der Waals surface area contributed by atoms with Gasteiger partial charge in [0.2, 0.25) is 0 Å². The topological polar surface area (TPSA) is 148 Å². The van der Waals surface area contributed by atoms with E-state index in [1.807, 2.05) is 0 Å². The van der Waals surface area contributed by atoms with Crippen molar-refractivity contribution in [2.24, 2.45) is 11.8 Å². The Bertz CT molecular complexity index is 627. The molecule has 1 aliphatic rings. The Hall–Kier alpha value is -1.87. The van der Waals surface area contributed by atoms with Gasteiger partial charge in [0.15, 0.2) is 5.78 Å². The lowest BCUT2D eigenvalue weighted by Crippen LogP contribution is -2.56. The molecule has 1 aliphatic carbocycles. The van der Waals surface area contributed by atoms with Crippen molar-refractivity contribution in [3.8, 4) is 17.2 Å². The maximum absolute atomic E-state index is 12.3. The molecule has 8 heteroatoms.